The summed E-state index contributed by atoms with van der Waals surface area (Å²) in [6.45, 7) is -0.557. The number of hydrogen-bond acceptors (Lipinski definition) is 1. The van der Waals surface area contributed by atoms with Gasteiger partial charge in [-0.2, -0.15) is 0 Å². The Morgan fingerprint density at radius 2 is 1.88 bits per heavy atom. The van der Waals surface area contributed by atoms with Crippen molar-refractivity contribution in [3.8, 4) is 0 Å². The van der Waals surface area contributed by atoms with Crippen LogP contribution in [-0.2, 0) is 11.8 Å². The first kappa shape index (κ1) is 6.65. The molecule has 0 unspecified atom stereocenters. The summed E-state index contributed by atoms with van der Waals surface area (Å²) in [6, 6.07) is 0. The first-order valence-corrected chi connectivity index (χ1v) is 5.29. The number of hydrogen-bond donors (Lipinski definition) is 3. The van der Waals surface area contributed by atoms with Gasteiger partial charge in [-0.15, -0.1) is 0 Å². The maximum Gasteiger partial charge on any atom is 0.195 e. The van der Waals surface area contributed by atoms with Crippen LogP contribution in [0.1, 0.15) is 6.42 Å². The van der Waals surface area contributed by atoms with Gasteiger partial charge in [0.1, 0.15) is 0 Å². The van der Waals surface area contributed by atoms with E-state index in [-0.39, 0.29) is 0 Å². The van der Waals surface area contributed by atoms with Gasteiger partial charge in [0.05, 0.1) is 0 Å². The van der Waals surface area contributed by atoms with Gasteiger partial charge < -0.3 is 4.89 Å². The first-order chi connectivity index (χ1) is 3.71. The van der Waals surface area contributed by atoms with Crippen molar-refractivity contribution in [3.63, 3.8) is 0 Å². The predicted octanol–water partition coefficient (Wildman–Crippen LogP) is -0.214. The molecular formula is C3H9N2OPS. The quantitative estimate of drug-likeness (QED) is 0.420. The Hall–Kier alpha value is 0.530. The van der Waals surface area contributed by atoms with Crippen molar-refractivity contribution in [2.45, 2.75) is 6.42 Å². The first-order valence-electron chi connectivity index (χ1n) is 2.54. The highest BCUT2D eigenvalue weighted by molar-refractivity contribution is 8.09. The highest BCUT2D eigenvalue weighted by atomic mass is 32.4. The van der Waals surface area contributed by atoms with Crippen LogP contribution in [0.3, 0.4) is 0 Å². The van der Waals surface area contributed by atoms with Gasteiger partial charge in [-0.25, -0.2) is 0 Å². The van der Waals surface area contributed by atoms with E-state index in [4.69, 9.17) is 16.7 Å². The van der Waals surface area contributed by atoms with E-state index in [2.05, 4.69) is 10.2 Å². The second kappa shape index (κ2) is 2.42. The molecule has 1 rings (SSSR count). The van der Waals surface area contributed by atoms with Crippen LogP contribution in [0.25, 0.3) is 0 Å². The van der Waals surface area contributed by atoms with E-state index in [0.717, 1.165) is 19.5 Å². The smallest absolute Gasteiger partial charge is 0.195 e. The van der Waals surface area contributed by atoms with Crippen LogP contribution in [0.5, 0.6) is 0 Å². The van der Waals surface area contributed by atoms with Gasteiger partial charge in [0.25, 0.3) is 0 Å². The van der Waals surface area contributed by atoms with Crippen LogP contribution in [0.15, 0.2) is 0 Å². The second-order valence-corrected chi connectivity index (χ2v) is 5.12. The average molecular weight is 152 g/mol. The van der Waals surface area contributed by atoms with E-state index >= 15 is 0 Å². The molecular weight excluding hydrogens is 143 g/mol. The molecule has 8 heavy (non-hydrogen) atoms. The molecule has 0 aromatic rings. The zero-order valence-electron chi connectivity index (χ0n) is 4.42. The Morgan fingerprint density at radius 3 is 2.12 bits per heavy atom. The van der Waals surface area contributed by atoms with Crippen molar-refractivity contribution in [2.24, 2.45) is 0 Å². The third-order valence-electron chi connectivity index (χ3n) is 1.01. The Kier molecular flexibility index (Phi) is 2.01. The third kappa shape index (κ3) is 1.80. The molecule has 5 heteroatoms. The minimum absolute atomic E-state index is 0.848. The molecule has 0 saturated carbocycles. The molecule has 0 amide bonds. The summed E-state index contributed by atoms with van der Waals surface area (Å²) in [6.07, 6.45) is 1.05. The second-order valence-electron chi connectivity index (χ2n) is 1.75. The van der Waals surface area contributed by atoms with Gasteiger partial charge in [-0.3, -0.25) is 10.2 Å². The molecule has 3 N–H and O–H groups in total. The molecule has 1 saturated heterocycles. The molecule has 0 aromatic carbocycles. The molecule has 1 aliphatic heterocycles. The van der Waals surface area contributed by atoms with Crippen molar-refractivity contribution in [1.82, 2.24) is 10.2 Å². The van der Waals surface area contributed by atoms with Crippen LogP contribution < -0.4 is 10.2 Å². The Morgan fingerprint density at radius 1 is 1.38 bits per heavy atom. The van der Waals surface area contributed by atoms with Gasteiger partial charge >= 0.3 is 0 Å². The van der Waals surface area contributed by atoms with Crippen LogP contribution >= 0.6 is 6.57 Å². The summed E-state index contributed by atoms with van der Waals surface area (Å²) in [5.74, 6) is 0. The Bertz CT molecular complexity index is 118. The van der Waals surface area contributed by atoms with Gasteiger partial charge in [0.2, 0.25) is 0 Å². The van der Waals surface area contributed by atoms with Crippen LogP contribution in [0.2, 0.25) is 0 Å². The lowest BCUT2D eigenvalue weighted by atomic mass is 10.4. The maximum absolute atomic E-state index is 9.08. The predicted molar refractivity (Wildman–Crippen MR) is 37.1 cm³/mol. The standard InChI is InChI=1S/C3H9N2OPS/c6-7(8)4-2-1-3-5-7/h1-3H2,(H3,4,5,6,8). The molecule has 0 atom stereocenters. The SMILES string of the molecule is OP1(=S)NCCCN1. The van der Waals surface area contributed by atoms with Crippen molar-refractivity contribution in [2.75, 3.05) is 13.1 Å². The highest BCUT2D eigenvalue weighted by Crippen LogP contribution is 2.31. The van der Waals surface area contributed by atoms with E-state index in [1.807, 2.05) is 0 Å². The van der Waals surface area contributed by atoms with E-state index in [1.54, 1.807) is 0 Å². The molecule has 1 aliphatic rings. The van der Waals surface area contributed by atoms with Crippen molar-refractivity contribution < 1.29 is 4.89 Å². The summed E-state index contributed by atoms with van der Waals surface area (Å²) >= 11 is 4.74. The minimum Gasteiger partial charge on any atom is -0.343 e. The maximum atomic E-state index is 9.08. The Labute approximate surface area is 53.7 Å². The highest BCUT2D eigenvalue weighted by Gasteiger charge is 2.13. The average Bonchev–Trinajstić information content (AvgIpc) is 1.65. The van der Waals surface area contributed by atoms with Gasteiger partial charge in [-0.05, 0) is 18.2 Å². The van der Waals surface area contributed by atoms with Gasteiger partial charge in [-0.1, -0.05) is 0 Å². The van der Waals surface area contributed by atoms with Gasteiger partial charge in [0.15, 0.2) is 6.57 Å². The number of nitrogens with one attached hydrogen (secondary N) is 2. The molecule has 0 bridgehead atoms. The van der Waals surface area contributed by atoms with Crippen molar-refractivity contribution in [3.05, 3.63) is 0 Å². The van der Waals surface area contributed by atoms with Crippen molar-refractivity contribution >= 4 is 18.4 Å². The largest absolute Gasteiger partial charge is 0.343 e. The van der Waals surface area contributed by atoms with Crippen molar-refractivity contribution in [1.29, 1.82) is 0 Å². The van der Waals surface area contributed by atoms with E-state index in [0.29, 0.717) is 0 Å². The molecule has 48 valence electrons. The fourth-order valence-electron chi connectivity index (χ4n) is 0.605. The van der Waals surface area contributed by atoms with Crippen LogP contribution in [0, 0.1) is 0 Å². The fourth-order valence-corrected chi connectivity index (χ4v) is 2.19. The minimum atomic E-state index is -2.25. The van der Waals surface area contributed by atoms with Crippen LogP contribution in [-0.4, -0.2) is 18.0 Å². The van der Waals surface area contributed by atoms with Crippen LogP contribution in [0.4, 0.5) is 0 Å². The number of rotatable bonds is 0. The topological polar surface area (TPSA) is 44.3 Å². The molecule has 0 aromatic heterocycles. The third-order valence-corrected chi connectivity index (χ3v) is 3.08. The molecule has 0 spiro atoms. The summed E-state index contributed by atoms with van der Waals surface area (Å²) in [5, 5.41) is 5.66. The summed E-state index contributed by atoms with van der Waals surface area (Å²) in [4.78, 5) is 9.08. The fraction of sp³-hybridized carbons (Fsp3) is 1.00. The summed E-state index contributed by atoms with van der Waals surface area (Å²) in [5.41, 5.74) is 0. The van der Waals surface area contributed by atoms with E-state index in [9.17, 15) is 0 Å². The zero-order chi connectivity index (χ0) is 6.04. The normalized spacial score (nSPS) is 27.6. The lowest BCUT2D eigenvalue weighted by molar-refractivity contribution is 0.554. The molecule has 0 aliphatic carbocycles. The lowest BCUT2D eigenvalue weighted by Crippen LogP contribution is -2.30. The van der Waals surface area contributed by atoms with E-state index < -0.39 is 6.57 Å². The zero-order valence-corrected chi connectivity index (χ0v) is 6.13. The summed E-state index contributed by atoms with van der Waals surface area (Å²) in [7, 11) is 0. The molecule has 0 radical (unpaired) electrons. The lowest BCUT2D eigenvalue weighted by Gasteiger charge is -2.22. The molecule has 3 nitrogen and oxygen atoms in total. The molecule has 1 fully saturated rings. The molecule has 1 heterocycles. The van der Waals surface area contributed by atoms with E-state index in [1.165, 1.54) is 0 Å². The monoisotopic (exact) mass is 152 g/mol. The summed E-state index contributed by atoms with van der Waals surface area (Å²) < 4.78 is 0. The van der Waals surface area contributed by atoms with Gasteiger partial charge in [0, 0.05) is 13.1 Å². The Balaban J connectivity index is 2.45.